The molecule has 3 atom stereocenters. The van der Waals surface area contributed by atoms with Crippen molar-refractivity contribution >= 4 is 16.0 Å². The largest absolute Gasteiger partial charge is 0.462 e. The molecule has 0 heterocycles. The van der Waals surface area contributed by atoms with Crippen LogP contribution >= 0.6 is 0 Å². The molecule has 0 amide bonds. The number of rotatable bonds is 10. The third kappa shape index (κ3) is 9.75. The van der Waals surface area contributed by atoms with E-state index in [-0.39, 0.29) is 19.3 Å². The summed E-state index contributed by atoms with van der Waals surface area (Å²) in [6.07, 6.45) is -0.159. The van der Waals surface area contributed by atoms with Crippen LogP contribution in [0.3, 0.4) is 0 Å². The molecule has 0 aromatic carbocycles. The van der Waals surface area contributed by atoms with Gasteiger partial charge in [0.25, 0.3) is 0 Å². The summed E-state index contributed by atoms with van der Waals surface area (Å²) < 4.78 is 40.0. The molecule has 0 radical (unpaired) electrons. The number of hydrogen-bond acceptors (Lipinski definition) is 7. The van der Waals surface area contributed by atoms with Crippen molar-refractivity contribution in [2.45, 2.75) is 45.1 Å². The highest BCUT2D eigenvalue weighted by Crippen LogP contribution is 2.02. The summed E-state index contributed by atoms with van der Waals surface area (Å²) in [5, 5.41) is 0. The zero-order valence-electron chi connectivity index (χ0n) is 13.2. The highest BCUT2D eigenvalue weighted by molar-refractivity contribution is 7.88. The highest BCUT2D eigenvalue weighted by Gasteiger charge is 2.24. The molecule has 0 unspecified atom stereocenters. The third-order valence-electron chi connectivity index (χ3n) is 2.60. The van der Waals surface area contributed by atoms with Crippen molar-refractivity contribution < 1.29 is 27.4 Å². The summed E-state index contributed by atoms with van der Waals surface area (Å²) in [6, 6.07) is -0.905. The van der Waals surface area contributed by atoms with Gasteiger partial charge in [-0.3, -0.25) is 4.79 Å². The van der Waals surface area contributed by atoms with Gasteiger partial charge in [-0.05, 0) is 20.8 Å². The molecule has 3 N–H and O–H groups in total. The first-order valence-corrected chi connectivity index (χ1v) is 8.51. The molecule has 126 valence electrons. The van der Waals surface area contributed by atoms with Crippen LogP contribution in [0.1, 0.15) is 20.8 Å². The number of carbonyl (C=O) groups is 1. The average molecular weight is 326 g/mol. The first kappa shape index (κ1) is 20.3. The van der Waals surface area contributed by atoms with E-state index in [1.807, 2.05) is 0 Å². The van der Waals surface area contributed by atoms with Gasteiger partial charge in [0.05, 0.1) is 18.5 Å². The van der Waals surface area contributed by atoms with E-state index in [9.17, 15) is 13.2 Å². The zero-order valence-corrected chi connectivity index (χ0v) is 14.0. The Balaban J connectivity index is 4.44. The predicted molar refractivity (Wildman–Crippen MR) is 78.3 cm³/mol. The molecule has 0 aliphatic rings. The minimum Gasteiger partial charge on any atom is -0.462 e. The van der Waals surface area contributed by atoms with Crippen LogP contribution in [-0.2, 0) is 29.0 Å². The van der Waals surface area contributed by atoms with Gasteiger partial charge in [0.1, 0.15) is 18.8 Å². The second-order valence-electron chi connectivity index (χ2n) is 5.02. The van der Waals surface area contributed by atoms with Crippen LogP contribution in [0.4, 0.5) is 0 Å². The van der Waals surface area contributed by atoms with Crippen LogP contribution in [0.2, 0.25) is 0 Å². The van der Waals surface area contributed by atoms with E-state index in [1.165, 1.54) is 7.11 Å². The van der Waals surface area contributed by atoms with Crippen molar-refractivity contribution in [3.8, 4) is 0 Å². The van der Waals surface area contributed by atoms with Gasteiger partial charge in [0.15, 0.2) is 0 Å². The number of methoxy groups -OCH3 is 1. The van der Waals surface area contributed by atoms with E-state index in [0.29, 0.717) is 0 Å². The molecule has 0 aromatic heterocycles. The zero-order chi connectivity index (χ0) is 16.6. The second-order valence-corrected chi connectivity index (χ2v) is 6.86. The summed E-state index contributed by atoms with van der Waals surface area (Å²) in [6.45, 7) is 5.17. The maximum atomic E-state index is 11.7. The lowest BCUT2D eigenvalue weighted by Crippen LogP contribution is -2.44. The number of sulfonamides is 1. The molecule has 0 fully saturated rings. The van der Waals surface area contributed by atoms with Gasteiger partial charge >= 0.3 is 5.97 Å². The van der Waals surface area contributed by atoms with E-state index < -0.39 is 34.2 Å². The average Bonchev–Trinajstić information content (AvgIpc) is 2.38. The first-order chi connectivity index (χ1) is 9.56. The van der Waals surface area contributed by atoms with Crippen molar-refractivity contribution in [3.63, 3.8) is 0 Å². The van der Waals surface area contributed by atoms with Crippen LogP contribution in [0.25, 0.3) is 0 Å². The van der Waals surface area contributed by atoms with Crippen molar-refractivity contribution in [1.29, 1.82) is 0 Å². The maximum Gasteiger partial charge on any atom is 0.325 e. The van der Waals surface area contributed by atoms with Crippen molar-refractivity contribution in [2.75, 3.05) is 26.5 Å². The monoisotopic (exact) mass is 326 g/mol. The molecule has 21 heavy (non-hydrogen) atoms. The summed E-state index contributed by atoms with van der Waals surface area (Å²) >= 11 is 0. The minimum atomic E-state index is -3.34. The van der Waals surface area contributed by atoms with Gasteiger partial charge < -0.3 is 19.9 Å². The molecule has 8 nitrogen and oxygen atoms in total. The van der Waals surface area contributed by atoms with Crippen molar-refractivity contribution in [2.24, 2.45) is 5.73 Å². The molecule has 9 heteroatoms. The number of nitrogens with two attached hydrogens (primary N) is 1. The minimum absolute atomic E-state index is 0.0133. The number of nitrogens with one attached hydrogen (secondary N) is 1. The standard InChI is InChI=1S/C12H26N2O6S/c1-8(2)20-10(6-14-21(5,16)17)7-19-12(15)11(13)9(3)18-4/h8-11,14H,6-7,13H2,1-5H3/t9-,10+,11+/m1/s1. The van der Waals surface area contributed by atoms with Gasteiger partial charge in [-0.2, -0.15) is 0 Å². The van der Waals surface area contributed by atoms with Crippen LogP contribution in [-0.4, -0.2) is 65.3 Å². The van der Waals surface area contributed by atoms with Gasteiger partial charge in [0.2, 0.25) is 10.0 Å². The Kier molecular flexibility index (Phi) is 8.98. The van der Waals surface area contributed by atoms with Gasteiger partial charge in [-0.25, -0.2) is 13.1 Å². The first-order valence-electron chi connectivity index (χ1n) is 6.62. The molecule has 0 saturated heterocycles. The van der Waals surface area contributed by atoms with E-state index in [1.54, 1.807) is 20.8 Å². The molecular formula is C12H26N2O6S. The normalized spacial score (nSPS) is 16.5. The Morgan fingerprint density at radius 1 is 1.29 bits per heavy atom. The lowest BCUT2D eigenvalue weighted by Gasteiger charge is -2.22. The van der Waals surface area contributed by atoms with Crippen LogP contribution < -0.4 is 10.5 Å². The molecule has 0 spiro atoms. The van der Waals surface area contributed by atoms with E-state index in [2.05, 4.69) is 4.72 Å². The lowest BCUT2D eigenvalue weighted by molar-refractivity contribution is -0.153. The van der Waals surface area contributed by atoms with E-state index in [4.69, 9.17) is 19.9 Å². The molecule has 0 aliphatic heterocycles. The molecule has 0 bridgehead atoms. The number of hydrogen-bond donors (Lipinski definition) is 2. The second kappa shape index (κ2) is 9.31. The van der Waals surface area contributed by atoms with Gasteiger partial charge in [-0.15, -0.1) is 0 Å². The summed E-state index contributed by atoms with van der Waals surface area (Å²) in [4.78, 5) is 11.7. The number of esters is 1. The summed E-state index contributed by atoms with van der Waals surface area (Å²) in [7, 11) is -1.90. The Labute approximate surface area is 126 Å². The maximum absolute atomic E-state index is 11.7. The van der Waals surface area contributed by atoms with E-state index in [0.717, 1.165) is 6.26 Å². The summed E-state index contributed by atoms with van der Waals surface area (Å²) in [5.74, 6) is -0.624. The molecule has 0 aliphatic carbocycles. The fraction of sp³-hybridized carbons (Fsp3) is 0.917. The smallest absolute Gasteiger partial charge is 0.325 e. The van der Waals surface area contributed by atoms with Gasteiger partial charge in [0, 0.05) is 13.7 Å². The van der Waals surface area contributed by atoms with Gasteiger partial charge in [-0.1, -0.05) is 0 Å². The number of carbonyl (C=O) groups excluding carboxylic acids is 1. The number of ether oxygens (including phenoxy) is 3. The molecule has 0 rings (SSSR count). The topological polar surface area (TPSA) is 117 Å². The van der Waals surface area contributed by atoms with E-state index >= 15 is 0 Å². The molecule has 0 aromatic rings. The third-order valence-corrected chi connectivity index (χ3v) is 3.29. The Hall–Kier alpha value is -0.740. The lowest BCUT2D eigenvalue weighted by atomic mass is 10.2. The fourth-order valence-corrected chi connectivity index (χ4v) is 1.87. The summed E-state index contributed by atoms with van der Waals surface area (Å²) in [5.41, 5.74) is 5.65. The van der Waals surface area contributed by atoms with Crippen LogP contribution in [0, 0.1) is 0 Å². The predicted octanol–water partition coefficient (Wildman–Crippen LogP) is -0.765. The fourth-order valence-electron chi connectivity index (χ4n) is 1.39. The van der Waals surface area contributed by atoms with Crippen molar-refractivity contribution in [3.05, 3.63) is 0 Å². The molecule has 0 saturated carbocycles. The van der Waals surface area contributed by atoms with Crippen LogP contribution in [0.15, 0.2) is 0 Å². The SMILES string of the molecule is CO[C@H](C)[C@H](N)C(=O)OC[C@H](CNS(C)(=O)=O)OC(C)C. The highest BCUT2D eigenvalue weighted by atomic mass is 32.2. The Morgan fingerprint density at radius 3 is 2.29 bits per heavy atom. The quantitative estimate of drug-likeness (QED) is 0.506. The Morgan fingerprint density at radius 2 is 1.86 bits per heavy atom. The van der Waals surface area contributed by atoms with Crippen molar-refractivity contribution in [1.82, 2.24) is 4.72 Å². The Bertz CT molecular complexity index is 412. The van der Waals surface area contributed by atoms with Crippen LogP contribution in [0.5, 0.6) is 0 Å². The molecular weight excluding hydrogens is 300 g/mol.